The molecule has 1 aliphatic heterocycles. The SMILES string of the molecule is CCNC(=O)CN1CCN(C(=O)c2cnc(-c3ccccc3Cl)s2)CC1. The van der Waals surface area contributed by atoms with Crippen molar-refractivity contribution in [1.82, 2.24) is 20.1 Å². The number of aromatic nitrogens is 1. The number of benzene rings is 1. The molecule has 0 radical (unpaired) electrons. The predicted octanol–water partition coefficient (Wildman–Crippen LogP) is 2.36. The van der Waals surface area contributed by atoms with Crippen molar-refractivity contribution >= 4 is 34.8 Å². The van der Waals surface area contributed by atoms with Gasteiger partial charge in [0.2, 0.25) is 5.91 Å². The van der Waals surface area contributed by atoms with Gasteiger partial charge in [-0.2, -0.15) is 0 Å². The summed E-state index contributed by atoms with van der Waals surface area (Å²) in [5, 5.41) is 4.17. The molecule has 6 nitrogen and oxygen atoms in total. The minimum absolute atomic E-state index is 0.0153. The summed E-state index contributed by atoms with van der Waals surface area (Å²) < 4.78 is 0. The zero-order chi connectivity index (χ0) is 18.5. The van der Waals surface area contributed by atoms with Crippen molar-refractivity contribution in [3.8, 4) is 10.6 Å². The third-order valence-electron chi connectivity index (χ3n) is 4.22. The van der Waals surface area contributed by atoms with Crippen LogP contribution in [0.4, 0.5) is 0 Å². The number of hydrogen-bond donors (Lipinski definition) is 1. The van der Waals surface area contributed by atoms with Crippen LogP contribution in [0.15, 0.2) is 30.5 Å². The number of hydrogen-bond acceptors (Lipinski definition) is 5. The van der Waals surface area contributed by atoms with Crippen molar-refractivity contribution in [2.24, 2.45) is 0 Å². The van der Waals surface area contributed by atoms with Gasteiger partial charge in [0, 0.05) is 38.3 Å². The van der Waals surface area contributed by atoms with E-state index in [9.17, 15) is 9.59 Å². The number of likely N-dealkylation sites (N-methyl/N-ethyl adjacent to an activating group) is 1. The molecule has 0 saturated carbocycles. The summed E-state index contributed by atoms with van der Waals surface area (Å²) in [4.78, 5) is 33.2. The van der Waals surface area contributed by atoms with E-state index in [-0.39, 0.29) is 11.8 Å². The van der Waals surface area contributed by atoms with Crippen LogP contribution in [0, 0.1) is 0 Å². The van der Waals surface area contributed by atoms with E-state index in [1.54, 1.807) is 6.20 Å². The van der Waals surface area contributed by atoms with Crippen LogP contribution in [0.1, 0.15) is 16.6 Å². The maximum atomic E-state index is 12.7. The Balaban J connectivity index is 1.59. The van der Waals surface area contributed by atoms with Gasteiger partial charge < -0.3 is 10.2 Å². The summed E-state index contributed by atoms with van der Waals surface area (Å²) in [6, 6.07) is 7.48. The molecule has 1 aromatic heterocycles. The second kappa shape index (κ2) is 8.62. The largest absolute Gasteiger partial charge is 0.355 e. The van der Waals surface area contributed by atoms with E-state index in [1.807, 2.05) is 36.1 Å². The number of thiazole rings is 1. The van der Waals surface area contributed by atoms with Crippen molar-refractivity contribution in [3.63, 3.8) is 0 Å². The summed E-state index contributed by atoms with van der Waals surface area (Å²) in [7, 11) is 0. The van der Waals surface area contributed by atoms with Crippen LogP contribution in [0.3, 0.4) is 0 Å². The average molecular weight is 393 g/mol. The van der Waals surface area contributed by atoms with E-state index in [1.165, 1.54) is 11.3 Å². The van der Waals surface area contributed by atoms with Gasteiger partial charge in [0.25, 0.3) is 5.91 Å². The smallest absolute Gasteiger partial charge is 0.265 e. The zero-order valence-electron chi connectivity index (χ0n) is 14.6. The number of amides is 2. The van der Waals surface area contributed by atoms with Crippen molar-refractivity contribution < 1.29 is 9.59 Å². The highest BCUT2D eigenvalue weighted by atomic mass is 35.5. The number of halogens is 1. The maximum absolute atomic E-state index is 12.7. The second-order valence-electron chi connectivity index (χ2n) is 6.03. The lowest BCUT2D eigenvalue weighted by molar-refractivity contribution is -0.122. The quantitative estimate of drug-likeness (QED) is 0.848. The topological polar surface area (TPSA) is 65.5 Å². The Kier molecular flexibility index (Phi) is 6.24. The number of carbonyl (C=O) groups is 2. The monoisotopic (exact) mass is 392 g/mol. The highest BCUT2D eigenvalue weighted by Gasteiger charge is 2.24. The highest BCUT2D eigenvalue weighted by Crippen LogP contribution is 2.31. The van der Waals surface area contributed by atoms with Gasteiger partial charge in [-0.1, -0.05) is 29.8 Å². The van der Waals surface area contributed by atoms with Crippen LogP contribution in [0.25, 0.3) is 10.6 Å². The first-order valence-corrected chi connectivity index (χ1v) is 9.77. The molecule has 3 rings (SSSR count). The fraction of sp³-hybridized carbons (Fsp3) is 0.389. The summed E-state index contributed by atoms with van der Waals surface area (Å²) in [6.45, 7) is 5.52. The number of carbonyl (C=O) groups excluding carboxylic acids is 2. The second-order valence-corrected chi connectivity index (χ2v) is 7.47. The molecule has 1 aromatic carbocycles. The van der Waals surface area contributed by atoms with Crippen LogP contribution in [0.2, 0.25) is 5.02 Å². The van der Waals surface area contributed by atoms with Gasteiger partial charge in [-0.25, -0.2) is 4.98 Å². The molecule has 0 unspecified atom stereocenters. The van der Waals surface area contributed by atoms with Gasteiger partial charge in [0.1, 0.15) is 9.88 Å². The molecule has 138 valence electrons. The van der Waals surface area contributed by atoms with Gasteiger partial charge in [0.05, 0.1) is 17.8 Å². The molecule has 1 N–H and O–H groups in total. The normalized spacial score (nSPS) is 15.1. The molecule has 0 atom stereocenters. The Morgan fingerprint density at radius 1 is 1.23 bits per heavy atom. The Morgan fingerprint density at radius 3 is 2.65 bits per heavy atom. The Labute approximate surface area is 161 Å². The molecule has 1 fully saturated rings. The van der Waals surface area contributed by atoms with Crippen molar-refractivity contribution in [3.05, 3.63) is 40.4 Å². The molecule has 0 spiro atoms. The molecule has 2 aromatic rings. The number of nitrogens with one attached hydrogen (secondary N) is 1. The van der Waals surface area contributed by atoms with E-state index < -0.39 is 0 Å². The fourth-order valence-electron chi connectivity index (χ4n) is 2.85. The molecule has 1 saturated heterocycles. The molecule has 0 aliphatic carbocycles. The summed E-state index contributed by atoms with van der Waals surface area (Å²) in [5.41, 5.74) is 0.838. The van der Waals surface area contributed by atoms with Crippen LogP contribution < -0.4 is 5.32 Å². The highest BCUT2D eigenvalue weighted by molar-refractivity contribution is 7.17. The first-order valence-electron chi connectivity index (χ1n) is 8.57. The van der Waals surface area contributed by atoms with E-state index in [0.29, 0.717) is 49.2 Å². The standard InChI is InChI=1S/C18H21ClN4O2S/c1-2-20-16(24)12-22-7-9-23(10-8-22)18(25)15-11-21-17(26-15)13-5-3-4-6-14(13)19/h3-6,11H,2,7-10,12H2,1H3,(H,20,24). The Hall–Kier alpha value is -1.96. The molecule has 2 heterocycles. The van der Waals surface area contributed by atoms with Crippen LogP contribution in [-0.4, -0.2) is 65.9 Å². The maximum Gasteiger partial charge on any atom is 0.265 e. The Morgan fingerprint density at radius 2 is 1.96 bits per heavy atom. The van der Waals surface area contributed by atoms with Crippen molar-refractivity contribution in [1.29, 1.82) is 0 Å². The van der Waals surface area contributed by atoms with E-state index in [0.717, 1.165) is 10.6 Å². The van der Waals surface area contributed by atoms with Crippen molar-refractivity contribution in [2.75, 3.05) is 39.3 Å². The summed E-state index contributed by atoms with van der Waals surface area (Å²) in [5.74, 6) is 0.0116. The fourth-order valence-corrected chi connectivity index (χ4v) is 4.06. The number of piperazine rings is 1. The molecule has 1 aliphatic rings. The van der Waals surface area contributed by atoms with Gasteiger partial charge >= 0.3 is 0 Å². The van der Waals surface area contributed by atoms with E-state index in [2.05, 4.69) is 15.2 Å². The van der Waals surface area contributed by atoms with Gasteiger partial charge in [-0.05, 0) is 13.0 Å². The summed E-state index contributed by atoms with van der Waals surface area (Å²) in [6.07, 6.45) is 1.62. The van der Waals surface area contributed by atoms with Crippen LogP contribution in [-0.2, 0) is 4.79 Å². The number of rotatable bonds is 5. The summed E-state index contributed by atoms with van der Waals surface area (Å²) >= 11 is 7.56. The number of nitrogens with zero attached hydrogens (tertiary/aromatic N) is 3. The van der Waals surface area contributed by atoms with E-state index >= 15 is 0 Å². The third-order valence-corrected chi connectivity index (χ3v) is 5.57. The van der Waals surface area contributed by atoms with Crippen LogP contribution >= 0.6 is 22.9 Å². The molecular weight excluding hydrogens is 372 g/mol. The Bertz CT molecular complexity index is 787. The molecule has 2 amide bonds. The minimum atomic E-state index is -0.0153. The molecular formula is C18H21ClN4O2S. The van der Waals surface area contributed by atoms with Crippen molar-refractivity contribution in [2.45, 2.75) is 6.92 Å². The lowest BCUT2D eigenvalue weighted by atomic mass is 10.2. The first kappa shape index (κ1) is 18.8. The van der Waals surface area contributed by atoms with Gasteiger partial charge in [-0.15, -0.1) is 11.3 Å². The first-order chi connectivity index (χ1) is 12.6. The third kappa shape index (κ3) is 4.41. The van der Waals surface area contributed by atoms with E-state index in [4.69, 9.17) is 11.6 Å². The van der Waals surface area contributed by atoms with Gasteiger partial charge in [-0.3, -0.25) is 14.5 Å². The average Bonchev–Trinajstić information content (AvgIpc) is 3.12. The predicted molar refractivity (Wildman–Crippen MR) is 104 cm³/mol. The zero-order valence-corrected chi connectivity index (χ0v) is 16.1. The molecule has 0 bridgehead atoms. The molecule has 26 heavy (non-hydrogen) atoms. The van der Waals surface area contributed by atoms with Crippen LogP contribution in [0.5, 0.6) is 0 Å². The lowest BCUT2D eigenvalue weighted by Crippen LogP contribution is -2.51. The lowest BCUT2D eigenvalue weighted by Gasteiger charge is -2.34. The minimum Gasteiger partial charge on any atom is -0.355 e. The van der Waals surface area contributed by atoms with Gasteiger partial charge in [0.15, 0.2) is 0 Å². The molecule has 8 heteroatoms.